The number of aliphatic hydroxyl groups is 1. The Hall–Kier alpha value is -1.35. The Labute approximate surface area is 108 Å². The van der Waals surface area contributed by atoms with E-state index in [0.717, 1.165) is 16.7 Å². The van der Waals surface area contributed by atoms with Gasteiger partial charge in [-0.2, -0.15) is 0 Å². The lowest BCUT2D eigenvalue weighted by molar-refractivity contribution is 0.220. The molecule has 0 aliphatic heterocycles. The summed E-state index contributed by atoms with van der Waals surface area (Å²) in [6, 6.07) is 17.3. The minimum Gasteiger partial charge on any atom is -0.384 e. The summed E-state index contributed by atoms with van der Waals surface area (Å²) in [7, 11) is 0. The van der Waals surface area contributed by atoms with E-state index in [1.807, 2.05) is 54.6 Å². The van der Waals surface area contributed by atoms with Crippen LogP contribution >= 0.6 is 12.4 Å². The summed E-state index contributed by atoms with van der Waals surface area (Å²) in [5.74, 6) is 0. The minimum absolute atomic E-state index is 0. The van der Waals surface area contributed by atoms with Gasteiger partial charge in [0.15, 0.2) is 0 Å². The Balaban J connectivity index is 0.00000144. The van der Waals surface area contributed by atoms with Crippen LogP contribution in [0.4, 0.5) is 0 Å². The van der Waals surface area contributed by atoms with Crippen LogP contribution in [-0.2, 0) is 6.54 Å². The molecule has 0 heterocycles. The molecule has 2 aromatic rings. The fourth-order valence-electron chi connectivity index (χ4n) is 1.66. The molecule has 0 aliphatic rings. The summed E-state index contributed by atoms with van der Waals surface area (Å²) in [4.78, 5) is 0. The van der Waals surface area contributed by atoms with Crippen LogP contribution in [0.3, 0.4) is 0 Å². The molecule has 0 aromatic heterocycles. The van der Waals surface area contributed by atoms with Crippen molar-refractivity contribution in [3.63, 3.8) is 0 Å². The molecule has 2 nitrogen and oxygen atoms in total. The first kappa shape index (κ1) is 13.7. The summed E-state index contributed by atoms with van der Waals surface area (Å²) in [5.41, 5.74) is 8.40. The van der Waals surface area contributed by atoms with Crippen molar-refractivity contribution in [1.82, 2.24) is 0 Å². The molecule has 1 unspecified atom stereocenters. The van der Waals surface area contributed by atoms with Crippen molar-refractivity contribution in [2.45, 2.75) is 12.6 Å². The van der Waals surface area contributed by atoms with Gasteiger partial charge in [0.25, 0.3) is 0 Å². The Bertz CT molecular complexity index is 442. The minimum atomic E-state index is -0.562. The van der Waals surface area contributed by atoms with E-state index in [0.29, 0.717) is 6.54 Å². The van der Waals surface area contributed by atoms with Crippen LogP contribution in [0, 0.1) is 0 Å². The molecule has 1 atom stereocenters. The molecule has 0 fully saturated rings. The number of rotatable bonds is 3. The van der Waals surface area contributed by atoms with Crippen LogP contribution in [0.1, 0.15) is 22.8 Å². The van der Waals surface area contributed by atoms with Gasteiger partial charge in [-0.15, -0.1) is 12.4 Å². The Morgan fingerprint density at radius 3 is 1.94 bits per heavy atom. The van der Waals surface area contributed by atoms with Crippen LogP contribution < -0.4 is 5.73 Å². The standard InChI is InChI=1S/C14H15NO.ClH/c15-10-11-6-8-13(9-7-11)14(16)12-4-2-1-3-5-12;/h1-9,14,16H,10,15H2;1H. The van der Waals surface area contributed by atoms with Gasteiger partial charge in [-0.3, -0.25) is 0 Å². The SMILES string of the molecule is Cl.NCc1ccc(C(O)c2ccccc2)cc1. The molecule has 0 bridgehead atoms. The van der Waals surface area contributed by atoms with Gasteiger partial charge in [0.2, 0.25) is 0 Å². The molecular formula is C14H16ClNO. The maximum atomic E-state index is 10.1. The van der Waals surface area contributed by atoms with Crippen LogP contribution in [-0.4, -0.2) is 5.11 Å². The summed E-state index contributed by atoms with van der Waals surface area (Å²) in [6.45, 7) is 0.529. The third-order valence-electron chi connectivity index (χ3n) is 2.65. The zero-order valence-electron chi connectivity index (χ0n) is 9.41. The summed E-state index contributed by atoms with van der Waals surface area (Å²) in [6.07, 6.45) is -0.562. The lowest BCUT2D eigenvalue weighted by Gasteiger charge is -2.11. The lowest BCUT2D eigenvalue weighted by atomic mass is 10.0. The molecule has 2 aromatic carbocycles. The van der Waals surface area contributed by atoms with Crippen molar-refractivity contribution in [3.05, 3.63) is 71.3 Å². The average Bonchev–Trinajstić information content (AvgIpc) is 2.39. The fourth-order valence-corrected chi connectivity index (χ4v) is 1.66. The molecule has 0 aliphatic carbocycles. The lowest BCUT2D eigenvalue weighted by Crippen LogP contribution is -2.01. The van der Waals surface area contributed by atoms with Gasteiger partial charge < -0.3 is 10.8 Å². The molecule has 3 heteroatoms. The molecule has 17 heavy (non-hydrogen) atoms. The highest BCUT2D eigenvalue weighted by atomic mass is 35.5. The van der Waals surface area contributed by atoms with Gasteiger partial charge in [0.05, 0.1) is 0 Å². The van der Waals surface area contributed by atoms with E-state index in [1.165, 1.54) is 0 Å². The van der Waals surface area contributed by atoms with Gasteiger partial charge in [0.1, 0.15) is 6.10 Å². The second-order valence-electron chi connectivity index (χ2n) is 3.76. The zero-order valence-corrected chi connectivity index (χ0v) is 10.2. The topological polar surface area (TPSA) is 46.2 Å². The van der Waals surface area contributed by atoms with Crippen molar-refractivity contribution in [1.29, 1.82) is 0 Å². The first-order chi connectivity index (χ1) is 7.81. The first-order valence-corrected chi connectivity index (χ1v) is 5.33. The first-order valence-electron chi connectivity index (χ1n) is 5.33. The maximum Gasteiger partial charge on any atom is 0.104 e. The fraction of sp³-hybridized carbons (Fsp3) is 0.143. The van der Waals surface area contributed by atoms with Crippen LogP contribution in [0.5, 0.6) is 0 Å². The molecule has 0 saturated carbocycles. The number of hydrogen-bond acceptors (Lipinski definition) is 2. The number of halogens is 1. The second-order valence-corrected chi connectivity index (χ2v) is 3.76. The highest BCUT2D eigenvalue weighted by Crippen LogP contribution is 2.21. The van der Waals surface area contributed by atoms with Crippen LogP contribution in [0.25, 0.3) is 0 Å². The smallest absolute Gasteiger partial charge is 0.104 e. The second kappa shape index (κ2) is 6.40. The summed E-state index contributed by atoms with van der Waals surface area (Å²) >= 11 is 0. The quantitative estimate of drug-likeness (QED) is 0.879. The third-order valence-corrected chi connectivity index (χ3v) is 2.65. The van der Waals surface area contributed by atoms with Gasteiger partial charge in [-0.05, 0) is 16.7 Å². The van der Waals surface area contributed by atoms with Gasteiger partial charge >= 0.3 is 0 Å². The van der Waals surface area contributed by atoms with E-state index < -0.39 is 6.10 Å². The number of aliphatic hydroxyl groups excluding tert-OH is 1. The highest BCUT2D eigenvalue weighted by Gasteiger charge is 2.08. The van der Waals surface area contributed by atoms with Gasteiger partial charge in [-0.25, -0.2) is 0 Å². The molecule has 90 valence electrons. The Morgan fingerprint density at radius 2 is 1.41 bits per heavy atom. The van der Waals surface area contributed by atoms with E-state index >= 15 is 0 Å². The number of nitrogens with two attached hydrogens (primary N) is 1. The predicted molar refractivity (Wildman–Crippen MR) is 72.1 cm³/mol. The van der Waals surface area contributed by atoms with Crippen molar-refractivity contribution >= 4 is 12.4 Å². The van der Waals surface area contributed by atoms with E-state index in [9.17, 15) is 5.11 Å². The summed E-state index contributed by atoms with van der Waals surface area (Å²) in [5, 5.41) is 10.1. The van der Waals surface area contributed by atoms with Crippen LogP contribution in [0.15, 0.2) is 54.6 Å². The molecular weight excluding hydrogens is 234 g/mol. The van der Waals surface area contributed by atoms with E-state index in [2.05, 4.69) is 0 Å². The molecule has 0 radical (unpaired) electrons. The zero-order chi connectivity index (χ0) is 11.4. The molecule has 0 saturated heterocycles. The van der Waals surface area contributed by atoms with E-state index in [4.69, 9.17) is 5.73 Å². The van der Waals surface area contributed by atoms with Crippen molar-refractivity contribution < 1.29 is 5.11 Å². The van der Waals surface area contributed by atoms with Crippen molar-refractivity contribution in [2.24, 2.45) is 5.73 Å². The third kappa shape index (κ3) is 3.30. The van der Waals surface area contributed by atoms with Crippen molar-refractivity contribution in [3.8, 4) is 0 Å². The number of benzene rings is 2. The van der Waals surface area contributed by atoms with Gasteiger partial charge in [0, 0.05) is 6.54 Å². The molecule has 0 spiro atoms. The average molecular weight is 250 g/mol. The molecule has 2 rings (SSSR count). The molecule has 3 N–H and O–H groups in total. The molecule has 0 amide bonds. The van der Waals surface area contributed by atoms with Crippen molar-refractivity contribution in [2.75, 3.05) is 0 Å². The Morgan fingerprint density at radius 1 is 0.882 bits per heavy atom. The monoisotopic (exact) mass is 249 g/mol. The van der Waals surface area contributed by atoms with E-state index in [1.54, 1.807) is 0 Å². The van der Waals surface area contributed by atoms with Gasteiger partial charge in [-0.1, -0.05) is 54.6 Å². The van der Waals surface area contributed by atoms with E-state index in [-0.39, 0.29) is 12.4 Å². The summed E-state index contributed by atoms with van der Waals surface area (Å²) < 4.78 is 0. The van der Waals surface area contributed by atoms with Crippen LogP contribution in [0.2, 0.25) is 0 Å². The maximum absolute atomic E-state index is 10.1. The highest BCUT2D eigenvalue weighted by molar-refractivity contribution is 5.85. The number of hydrogen-bond donors (Lipinski definition) is 2. The predicted octanol–water partition coefficient (Wildman–Crippen LogP) is 2.65. The normalized spacial score (nSPS) is 11.6. The Kier molecular flexibility index (Phi) is 5.16. The largest absolute Gasteiger partial charge is 0.384 e.